The van der Waals surface area contributed by atoms with E-state index in [1.54, 1.807) is 0 Å². The van der Waals surface area contributed by atoms with Crippen LogP contribution in [-0.4, -0.2) is 57.3 Å². The van der Waals surface area contributed by atoms with Gasteiger partial charge in [-0.2, -0.15) is 0 Å². The summed E-state index contributed by atoms with van der Waals surface area (Å²) in [5.74, 6) is 0. The van der Waals surface area contributed by atoms with Gasteiger partial charge in [-0.25, -0.2) is 0 Å². The van der Waals surface area contributed by atoms with Crippen molar-refractivity contribution in [1.29, 1.82) is 0 Å². The van der Waals surface area contributed by atoms with Gasteiger partial charge in [-0.1, -0.05) is 6.92 Å². The second kappa shape index (κ2) is 4.35. The predicted octanol–water partition coefficient (Wildman–Crippen LogP) is -0.891. The molecular weight excluding hydrogens is 196 g/mol. The predicted molar refractivity (Wildman–Crippen MR) is 55.8 cm³/mol. The van der Waals surface area contributed by atoms with E-state index in [9.17, 15) is 0 Å². The second-order valence-electron chi connectivity index (χ2n) is 4.65. The van der Waals surface area contributed by atoms with Gasteiger partial charge in [0.25, 0.3) is 0 Å². The summed E-state index contributed by atoms with van der Waals surface area (Å²) in [6, 6.07) is 0. The van der Waals surface area contributed by atoms with Crippen LogP contribution in [0.15, 0.2) is 0 Å². The molecule has 5 nitrogen and oxygen atoms in total. The molecule has 3 N–H and O–H groups in total. The SMILES string of the molecule is CCNC1(COCC2(N)COC2)COC1. The lowest BCUT2D eigenvalue weighted by molar-refractivity contribution is -0.136. The summed E-state index contributed by atoms with van der Waals surface area (Å²) in [6.45, 7) is 6.94. The summed E-state index contributed by atoms with van der Waals surface area (Å²) in [5.41, 5.74) is 5.74. The fraction of sp³-hybridized carbons (Fsp3) is 1.00. The number of nitrogens with one attached hydrogen (secondary N) is 1. The molecule has 0 radical (unpaired) electrons. The van der Waals surface area contributed by atoms with E-state index < -0.39 is 0 Å². The van der Waals surface area contributed by atoms with Gasteiger partial charge in [0, 0.05) is 0 Å². The van der Waals surface area contributed by atoms with E-state index in [-0.39, 0.29) is 11.1 Å². The van der Waals surface area contributed by atoms with Crippen molar-refractivity contribution < 1.29 is 14.2 Å². The van der Waals surface area contributed by atoms with Crippen LogP contribution in [0.25, 0.3) is 0 Å². The van der Waals surface area contributed by atoms with Crippen molar-refractivity contribution in [2.24, 2.45) is 5.73 Å². The maximum absolute atomic E-state index is 5.96. The third-order valence-electron chi connectivity index (χ3n) is 2.86. The molecule has 0 bridgehead atoms. The first-order valence-electron chi connectivity index (χ1n) is 5.45. The highest BCUT2D eigenvalue weighted by atomic mass is 16.5. The zero-order chi connectivity index (χ0) is 10.8. The van der Waals surface area contributed by atoms with E-state index in [4.69, 9.17) is 19.9 Å². The number of nitrogens with two attached hydrogens (primary N) is 1. The number of hydrogen-bond acceptors (Lipinski definition) is 5. The van der Waals surface area contributed by atoms with E-state index in [1.807, 2.05) is 0 Å². The third kappa shape index (κ3) is 2.49. The lowest BCUT2D eigenvalue weighted by atomic mass is 9.98. The average molecular weight is 216 g/mol. The summed E-state index contributed by atoms with van der Waals surface area (Å²) in [5, 5.41) is 3.40. The molecule has 0 aliphatic carbocycles. The molecule has 2 heterocycles. The zero-order valence-electron chi connectivity index (χ0n) is 9.25. The van der Waals surface area contributed by atoms with Crippen LogP contribution in [0.4, 0.5) is 0 Å². The van der Waals surface area contributed by atoms with Gasteiger partial charge >= 0.3 is 0 Å². The van der Waals surface area contributed by atoms with E-state index in [0.717, 1.165) is 19.8 Å². The number of hydrogen-bond donors (Lipinski definition) is 2. The van der Waals surface area contributed by atoms with Crippen LogP contribution in [0.2, 0.25) is 0 Å². The van der Waals surface area contributed by atoms with Gasteiger partial charge in [0.2, 0.25) is 0 Å². The second-order valence-corrected chi connectivity index (χ2v) is 4.65. The van der Waals surface area contributed by atoms with Gasteiger partial charge in [-0.3, -0.25) is 0 Å². The Morgan fingerprint density at radius 3 is 2.27 bits per heavy atom. The first-order valence-corrected chi connectivity index (χ1v) is 5.45. The molecule has 88 valence electrons. The summed E-state index contributed by atoms with van der Waals surface area (Å²) < 4.78 is 15.9. The lowest BCUT2D eigenvalue weighted by Crippen LogP contribution is -2.65. The number of rotatable bonds is 6. The van der Waals surface area contributed by atoms with Crippen LogP contribution in [0.1, 0.15) is 6.92 Å². The largest absolute Gasteiger partial charge is 0.377 e. The Bertz CT molecular complexity index is 215. The quantitative estimate of drug-likeness (QED) is 0.603. The Morgan fingerprint density at radius 2 is 1.87 bits per heavy atom. The standard InChI is InChI=1S/C10H20N2O3/c1-2-12-10(7-15-8-10)6-14-5-9(11)3-13-4-9/h12H,2-8,11H2,1H3. The fourth-order valence-electron chi connectivity index (χ4n) is 1.86. The first-order chi connectivity index (χ1) is 7.18. The van der Waals surface area contributed by atoms with Gasteiger partial charge in [0.15, 0.2) is 0 Å². The molecule has 2 rings (SSSR count). The normalized spacial score (nSPS) is 26.8. The third-order valence-corrected chi connectivity index (χ3v) is 2.86. The van der Waals surface area contributed by atoms with Crippen LogP contribution in [0.3, 0.4) is 0 Å². The van der Waals surface area contributed by atoms with Crippen molar-refractivity contribution >= 4 is 0 Å². The van der Waals surface area contributed by atoms with Crippen LogP contribution in [-0.2, 0) is 14.2 Å². The minimum Gasteiger partial charge on any atom is -0.377 e. The molecule has 0 spiro atoms. The summed E-state index contributed by atoms with van der Waals surface area (Å²) in [7, 11) is 0. The molecule has 0 unspecified atom stereocenters. The van der Waals surface area contributed by atoms with Crippen molar-refractivity contribution in [3.05, 3.63) is 0 Å². The zero-order valence-corrected chi connectivity index (χ0v) is 9.25. The molecule has 15 heavy (non-hydrogen) atoms. The molecule has 2 saturated heterocycles. The van der Waals surface area contributed by atoms with Gasteiger partial charge in [-0.15, -0.1) is 0 Å². The molecule has 0 saturated carbocycles. The Labute approximate surface area is 90.2 Å². The van der Waals surface area contributed by atoms with Crippen molar-refractivity contribution in [2.45, 2.75) is 18.0 Å². The summed E-state index contributed by atoms with van der Waals surface area (Å²) in [6.07, 6.45) is 0. The molecule has 2 aliphatic heterocycles. The summed E-state index contributed by atoms with van der Waals surface area (Å²) in [4.78, 5) is 0. The topological polar surface area (TPSA) is 65.7 Å². The molecular formula is C10H20N2O3. The maximum Gasteiger partial charge on any atom is 0.0889 e. The smallest absolute Gasteiger partial charge is 0.0889 e. The highest BCUT2D eigenvalue weighted by Gasteiger charge is 2.40. The van der Waals surface area contributed by atoms with Gasteiger partial charge in [-0.05, 0) is 6.54 Å². The average Bonchev–Trinajstić information content (AvgIpc) is 2.11. The van der Waals surface area contributed by atoms with Crippen molar-refractivity contribution in [2.75, 3.05) is 46.2 Å². The van der Waals surface area contributed by atoms with Gasteiger partial charge in [0.05, 0.1) is 50.7 Å². The molecule has 5 heteroatoms. The molecule has 0 aromatic rings. The van der Waals surface area contributed by atoms with E-state index >= 15 is 0 Å². The van der Waals surface area contributed by atoms with Crippen LogP contribution in [0, 0.1) is 0 Å². The highest BCUT2D eigenvalue weighted by molar-refractivity contribution is 4.95. The molecule has 0 aromatic carbocycles. The minimum atomic E-state index is -0.252. The van der Waals surface area contributed by atoms with Gasteiger partial charge < -0.3 is 25.3 Å². The van der Waals surface area contributed by atoms with Crippen molar-refractivity contribution in [1.82, 2.24) is 5.32 Å². The van der Waals surface area contributed by atoms with E-state index in [2.05, 4.69) is 12.2 Å². The summed E-state index contributed by atoms with van der Waals surface area (Å²) >= 11 is 0. The number of likely N-dealkylation sites (N-methyl/N-ethyl adjacent to an activating group) is 1. The lowest BCUT2D eigenvalue weighted by Gasteiger charge is -2.43. The van der Waals surface area contributed by atoms with E-state index in [0.29, 0.717) is 26.4 Å². The van der Waals surface area contributed by atoms with Crippen molar-refractivity contribution in [3.8, 4) is 0 Å². The van der Waals surface area contributed by atoms with Crippen LogP contribution in [0.5, 0.6) is 0 Å². The molecule has 0 amide bonds. The van der Waals surface area contributed by atoms with Crippen LogP contribution >= 0.6 is 0 Å². The molecule has 2 fully saturated rings. The van der Waals surface area contributed by atoms with E-state index in [1.165, 1.54) is 0 Å². The maximum atomic E-state index is 5.96. The minimum absolute atomic E-state index is 0.0235. The van der Waals surface area contributed by atoms with Crippen LogP contribution < -0.4 is 11.1 Å². The first kappa shape index (κ1) is 11.3. The molecule has 0 atom stereocenters. The van der Waals surface area contributed by atoms with Crippen molar-refractivity contribution in [3.63, 3.8) is 0 Å². The Kier molecular flexibility index (Phi) is 3.27. The Balaban J connectivity index is 1.67. The Hall–Kier alpha value is -0.200. The highest BCUT2D eigenvalue weighted by Crippen LogP contribution is 2.19. The molecule has 0 aromatic heterocycles. The molecule has 2 aliphatic rings. The fourth-order valence-corrected chi connectivity index (χ4v) is 1.86. The monoisotopic (exact) mass is 216 g/mol. The number of ether oxygens (including phenoxy) is 3. The Morgan fingerprint density at radius 1 is 1.20 bits per heavy atom. The van der Waals surface area contributed by atoms with Gasteiger partial charge in [0.1, 0.15) is 0 Å².